The van der Waals surface area contributed by atoms with Gasteiger partial charge >= 0.3 is 6.03 Å². The van der Waals surface area contributed by atoms with Gasteiger partial charge in [0.2, 0.25) is 0 Å². The lowest BCUT2D eigenvalue weighted by atomic mass is 10.4. The SMILES string of the molecule is CCCNC(=O)NCCc1nccs1. The molecule has 0 bridgehead atoms. The van der Waals surface area contributed by atoms with Crippen molar-refractivity contribution in [3.63, 3.8) is 0 Å². The minimum atomic E-state index is -0.0941. The second-order valence-electron chi connectivity index (χ2n) is 2.86. The summed E-state index contributed by atoms with van der Waals surface area (Å²) in [6, 6.07) is -0.0941. The van der Waals surface area contributed by atoms with E-state index in [0.717, 1.165) is 24.4 Å². The molecule has 5 heteroatoms. The quantitative estimate of drug-likeness (QED) is 0.776. The molecule has 0 aliphatic heterocycles. The molecule has 1 aromatic rings. The molecule has 0 saturated carbocycles. The summed E-state index contributed by atoms with van der Waals surface area (Å²) in [5.41, 5.74) is 0. The molecule has 0 aliphatic carbocycles. The van der Waals surface area contributed by atoms with E-state index in [4.69, 9.17) is 0 Å². The van der Waals surface area contributed by atoms with Crippen LogP contribution < -0.4 is 10.6 Å². The largest absolute Gasteiger partial charge is 0.338 e. The number of hydrogen-bond acceptors (Lipinski definition) is 3. The molecule has 1 rings (SSSR count). The van der Waals surface area contributed by atoms with E-state index in [9.17, 15) is 4.79 Å². The van der Waals surface area contributed by atoms with Gasteiger partial charge in [-0.2, -0.15) is 0 Å². The van der Waals surface area contributed by atoms with Crippen LogP contribution in [0.5, 0.6) is 0 Å². The normalized spacial score (nSPS) is 9.79. The maximum atomic E-state index is 11.1. The Kier molecular flexibility index (Phi) is 4.99. The Hall–Kier alpha value is -1.10. The van der Waals surface area contributed by atoms with E-state index >= 15 is 0 Å². The maximum Gasteiger partial charge on any atom is 0.314 e. The zero-order valence-corrected chi connectivity index (χ0v) is 9.06. The van der Waals surface area contributed by atoms with Crippen molar-refractivity contribution in [3.8, 4) is 0 Å². The fourth-order valence-electron chi connectivity index (χ4n) is 0.960. The summed E-state index contributed by atoms with van der Waals surface area (Å²) in [4.78, 5) is 15.2. The predicted octanol–water partition coefficient (Wildman–Crippen LogP) is 1.39. The van der Waals surface area contributed by atoms with Crippen LogP contribution in [0, 0.1) is 0 Å². The lowest BCUT2D eigenvalue weighted by Gasteiger charge is -2.04. The number of urea groups is 1. The van der Waals surface area contributed by atoms with Gasteiger partial charge in [0, 0.05) is 31.1 Å². The van der Waals surface area contributed by atoms with Gasteiger partial charge in [0.05, 0.1) is 5.01 Å². The van der Waals surface area contributed by atoms with E-state index in [1.165, 1.54) is 0 Å². The molecule has 0 radical (unpaired) electrons. The smallest absolute Gasteiger partial charge is 0.314 e. The monoisotopic (exact) mass is 213 g/mol. The maximum absolute atomic E-state index is 11.1. The van der Waals surface area contributed by atoms with E-state index in [1.807, 2.05) is 12.3 Å². The van der Waals surface area contributed by atoms with Gasteiger partial charge in [-0.05, 0) is 6.42 Å². The summed E-state index contributed by atoms with van der Waals surface area (Å²) in [7, 11) is 0. The molecule has 1 heterocycles. The Morgan fingerprint density at radius 2 is 2.29 bits per heavy atom. The Morgan fingerprint density at radius 1 is 1.50 bits per heavy atom. The summed E-state index contributed by atoms with van der Waals surface area (Å²) in [6.45, 7) is 3.39. The van der Waals surface area contributed by atoms with Gasteiger partial charge in [0.25, 0.3) is 0 Å². The van der Waals surface area contributed by atoms with Gasteiger partial charge in [-0.3, -0.25) is 0 Å². The fourth-order valence-corrected chi connectivity index (χ4v) is 1.58. The number of carbonyl (C=O) groups is 1. The van der Waals surface area contributed by atoms with Crippen LogP contribution in [0.2, 0.25) is 0 Å². The van der Waals surface area contributed by atoms with Crippen LogP contribution in [0.25, 0.3) is 0 Å². The molecule has 14 heavy (non-hydrogen) atoms. The van der Waals surface area contributed by atoms with Gasteiger partial charge in [-0.25, -0.2) is 9.78 Å². The number of thiazole rings is 1. The van der Waals surface area contributed by atoms with Gasteiger partial charge in [-0.15, -0.1) is 11.3 Å². The molecule has 0 unspecified atom stereocenters. The molecule has 0 fully saturated rings. The van der Waals surface area contributed by atoms with Crippen molar-refractivity contribution in [1.29, 1.82) is 0 Å². The minimum Gasteiger partial charge on any atom is -0.338 e. The van der Waals surface area contributed by atoms with Crippen LogP contribution in [0.15, 0.2) is 11.6 Å². The summed E-state index contributed by atoms with van der Waals surface area (Å²) in [5, 5.41) is 8.51. The van der Waals surface area contributed by atoms with E-state index in [0.29, 0.717) is 6.54 Å². The Morgan fingerprint density at radius 3 is 2.93 bits per heavy atom. The van der Waals surface area contributed by atoms with Crippen molar-refractivity contribution in [2.45, 2.75) is 19.8 Å². The molecule has 0 aromatic carbocycles. The van der Waals surface area contributed by atoms with E-state index in [1.54, 1.807) is 17.5 Å². The number of hydrogen-bond donors (Lipinski definition) is 2. The first-order valence-electron chi connectivity index (χ1n) is 4.73. The van der Waals surface area contributed by atoms with Gasteiger partial charge in [0.15, 0.2) is 0 Å². The number of rotatable bonds is 5. The molecule has 0 aliphatic rings. The molecule has 0 atom stereocenters. The summed E-state index contributed by atoms with van der Waals surface area (Å²) >= 11 is 1.61. The number of nitrogens with one attached hydrogen (secondary N) is 2. The number of carbonyl (C=O) groups excluding carboxylic acids is 1. The first-order valence-corrected chi connectivity index (χ1v) is 5.61. The van der Waals surface area contributed by atoms with Crippen molar-refractivity contribution in [1.82, 2.24) is 15.6 Å². The molecule has 2 amide bonds. The summed E-state index contributed by atoms with van der Waals surface area (Å²) < 4.78 is 0. The third-order valence-corrected chi connectivity index (χ3v) is 2.48. The topological polar surface area (TPSA) is 54.0 Å². The summed E-state index contributed by atoms with van der Waals surface area (Å²) in [5.74, 6) is 0. The molecule has 4 nitrogen and oxygen atoms in total. The van der Waals surface area contributed by atoms with Crippen LogP contribution in [0.3, 0.4) is 0 Å². The second-order valence-corrected chi connectivity index (χ2v) is 3.84. The van der Waals surface area contributed by atoms with E-state index in [-0.39, 0.29) is 6.03 Å². The van der Waals surface area contributed by atoms with Crippen LogP contribution in [0.1, 0.15) is 18.4 Å². The van der Waals surface area contributed by atoms with Crippen LogP contribution in [0.4, 0.5) is 4.79 Å². The highest BCUT2D eigenvalue weighted by atomic mass is 32.1. The van der Waals surface area contributed by atoms with Crippen molar-refractivity contribution >= 4 is 17.4 Å². The van der Waals surface area contributed by atoms with Crippen LogP contribution in [-0.2, 0) is 6.42 Å². The van der Waals surface area contributed by atoms with E-state index < -0.39 is 0 Å². The minimum absolute atomic E-state index is 0.0941. The third-order valence-electron chi connectivity index (χ3n) is 1.64. The Bertz CT molecular complexity index is 261. The predicted molar refractivity (Wildman–Crippen MR) is 57.5 cm³/mol. The third kappa shape index (κ3) is 4.23. The molecule has 0 saturated heterocycles. The number of aromatic nitrogens is 1. The van der Waals surface area contributed by atoms with E-state index in [2.05, 4.69) is 15.6 Å². The van der Waals surface area contributed by atoms with Gasteiger partial charge < -0.3 is 10.6 Å². The Labute approximate surface area is 87.7 Å². The lowest BCUT2D eigenvalue weighted by Crippen LogP contribution is -2.36. The average molecular weight is 213 g/mol. The fraction of sp³-hybridized carbons (Fsp3) is 0.556. The molecular weight excluding hydrogens is 198 g/mol. The van der Waals surface area contributed by atoms with Crippen LogP contribution in [-0.4, -0.2) is 24.1 Å². The first kappa shape index (κ1) is 11.0. The van der Waals surface area contributed by atoms with Crippen LogP contribution >= 0.6 is 11.3 Å². The van der Waals surface area contributed by atoms with Crippen molar-refractivity contribution in [2.75, 3.05) is 13.1 Å². The first-order chi connectivity index (χ1) is 6.83. The standard InChI is InChI=1S/C9H15N3OS/c1-2-4-11-9(13)12-5-3-8-10-6-7-14-8/h6-7H,2-5H2,1H3,(H2,11,12,13). The van der Waals surface area contributed by atoms with Crippen molar-refractivity contribution in [3.05, 3.63) is 16.6 Å². The molecule has 2 N–H and O–H groups in total. The number of amides is 2. The highest BCUT2D eigenvalue weighted by molar-refractivity contribution is 7.09. The number of nitrogens with zero attached hydrogens (tertiary/aromatic N) is 1. The van der Waals surface area contributed by atoms with Crippen molar-refractivity contribution < 1.29 is 4.79 Å². The van der Waals surface area contributed by atoms with Gasteiger partial charge in [-0.1, -0.05) is 6.92 Å². The second kappa shape index (κ2) is 6.37. The van der Waals surface area contributed by atoms with Crippen molar-refractivity contribution in [2.24, 2.45) is 0 Å². The highest BCUT2D eigenvalue weighted by Gasteiger charge is 1.99. The zero-order valence-electron chi connectivity index (χ0n) is 8.25. The van der Waals surface area contributed by atoms with Gasteiger partial charge in [0.1, 0.15) is 0 Å². The molecule has 0 spiro atoms. The zero-order chi connectivity index (χ0) is 10.2. The highest BCUT2D eigenvalue weighted by Crippen LogP contribution is 2.03. The molecule has 78 valence electrons. The average Bonchev–Trinajstić information content (AvgIpc) is 2.67. The molecular formula is C9H15N3OS. The summed E-state index contributed by atoms with van der Waals surface area (Å²) in [6.07, 6.45) is 3.54. The Balaban J connectivity index is 2.06. The molecule has 1 aromatic heterocycles. The lowest BCUT2D eigenvalue weighted by molar-refractivity contribution is 0.241.